The van der Waals surface area contributed by atoms with E-state index in [-0.39, 0.29) is 17.7 Å². The van der Waals surface area contributed by atoms with Crippen LogP contribution in [0.2, 0.25) is 5.02 Å². The van der Waals surface area contributed by atoms with Crippen molar-refractivity contribution in [3.8, 4) is 6.07 Å². The van der Waals surface area contributed by atoms with Gasteiger partial charge in [-0.3, -0.25) is 4.79 Å². The molecule has 0 radical (unpaired) electrons. The molecule has 2 unspecified atom stereocenters. The van der Waals surface area contributed by atoms with Crippen molar-refractivity contribution in [2.24, 2.45) is 0 Å². The SMILES string of the molecule is Cc1ccc(C2(C(=O)NCC(c3cccc(C#N)c3)C(C)c3ccc(Cl)cc3)CCCC2)cc1. The number of carbonyl (C=O) groups is 1. The summed E-state index contributed by atoms with van der Waals surface area (Å²) in [4.78, 5) is 13.7. The predicted octanol–water partition coefficient (Wildman–Crippen LogP) is 7.04. The lowest BCUT2D eigenvalue weighted by Gasteiger charge is -2.31. The minimum atomic E-state index is -0.462. The first kappa shape index (κ1) is 24.0. The normalized spacial score (nSPS) is 16.4. The van der Waals surface area contributed by atoms with Crippen LogP contribution < -0.4 is 5.32 Å². The van der Waals surface area contributed by atoms with Crippen molar-refractivity contribution >= 4 is 17.5 Å². The first-order valence-electron chi connectivity index (χ1n) is 12.0. The maximum absolute atomic E-state index is 13.7. The maximum Gasteiger partial charge on any atom is 0.230 e. The third-order valence-corrected chi connectivity index (χ3v) is 7.67. The number of aryl methyl sites for hydroxylation is 1. The van der Waals surface area contributed by atoms with Crippen molar-refractivity contribution in [3.63, 3.8) is 0 Å². The number of hydrogen-bond donors (Lipinski definition) is 1. The smallest absolute Gasteiger partial charge is 0.230 e. The highest BCUT2D eigenvalue weighted by Gasteiger charge is 2.42. The number of hydrogen-bond acceptors (Lipinski definition) is 2. The Kier molecular flexibility index (Phi) is 7.39. The van der Waals surface area contributed by atoms with E-state index >= 15 is 0 Å². The van der Waals surface area contributed by atoms with Crippen LogP contribution in [0.5, 0.6) is 0 Å². The van der Waals surface area contributed by atoms with Gasteiger partial charge in [-0.25, -0.2) is 0 Å². The summed E-state index contributed by atoms with van der Waals surface area (Å²) in [7, 11) is 0. The van der Waals surface area contributed by atoms with E-state index in [1.165, 1.54) is 5.56 Å². The molecule has 0 heterocycles. The molecule has 174 valence electrons. The second kappa shape index (κ2) is 10.5. The number of benzene rings is 3. The van der Waals surface area contributed by atoms with Crippen LogP contribution in [0.25, 0.3) is 0 Å². The van der Waals surface area contributed by atoms with Gasteiger partial charge in [-0.1, -0.05) is 85.5 Å². The molecule has 1 aliphatic rings. The van der Waals surface area contributed by atoms with Gasteiger partial charge in [-0.2, -0.15) is 5.26 Å². The lowest BCUT2D eigenvalue weighted by molar-refractivity contribution is -0.126. The van der Waals surface area contributed by atoms with Crippen molar-refractivity contribution in [3.05, 3.63) is 106 Å². The fourth-order valence-electron chi connectivity index (χ4n) is 5.29. The molecule has 1 N–H and O–H groups in total. The van der Waals surface area contributed by atoms with Gasteiger partial charge < -0.3 is 5.32 Å². The molecule has 0 spiro atoms. The molecular formula is C30H31ClN2O. The van der Waals surface area contributed by atoms with Crippen LogP contribution in [-0.2, 0) is 10.2 Å². The molecule has 4 rings (SSSR count). The van der Waals surface area contributed by atoms with Gasteiger partial charge in [0.1, 0.15) is 0 Å². The molecule has 4 heteroatoms. The Morgan fingerprint density at radius 1 is 1.03 bits per heavy atom. The summed E-state index contributed by atoms with van der Waals surface area (Å²) in [6, 6.07) is 26.3. The third-order valence-electron chi connectivity index (χ3n) is 7.42. The molecule has 3 aromatic rings. The van der Waals surface area contributed by atoms with Crippen LogP contribution >= 0.6 is 11.6 Å². The molecular weight excluding hydrogens is 440 g/mol. The first-order chi connectivity index (χ1) is 16.4. The molecule has 0 saturated heterocycles. The highest BCUT2D eigenvalue weighted by molar-refractivity contribution is 6.30. The van der Waals surface area contributed by atoms with Gasteiger partial charge in [-0.15, -0.1) is 0 Å². The maximum atomic E-state index is 13.7. The summed E-state index contributed by atoms with van der Waals surface area (Å²) in [6.45, 7) is 4.75. The average Bonchev–Trinajstić information content (AvgIpc) is 3.36. The quantitative estimate of drug-likeness (QED) is 0.402. The van der Waals surface area contributed by atoms with Crippen LogP contribution in [0, 0.1) is 18.3 Å². The van der Waals surface area contributed by atoms with Crippen molar-refractivity contribution in [2.75, 3.05) is 6.54 Å². The Morgan fingerprint density at radius 3 is 2.35 bits per heavy atom. The molecule has 3 nitrogen and oxygen atoms in total. The highest BCUT2D eigenvalue weighted by atomic mass is 35.5. The molecule has 1 saturated carbocycles. The predicted molar refractivity (Wildman–Crippen MR) is 138 cm³/mol. The Balaban J connectivity index is 1.62. The second-order valence-electron chi connectivity index (χ2n) is 9.55. The van der Waals surface area contributed by atoms with Crippen molar-refractivity contribution < 1.29 is 4.79 Å². The number of nitrogens with one attached hydrogen (secondary N) is 1. The zero-order chi connectivity index (χ0) is 24.1. The molecule has 0 aliphatic heterocycles. The van der Waals surface area contributed by atoms with Gasteiger partial charge in [0.25, 0.3) is 0 Å². The van der Waals surface area contributed by atoms with Gasteiger partial charge in [0, 0.05) is 17.5 Å². The van der Waals surface area contributed by atoms with Crippen molar-refractivity contribution in [1.82, 2.24) is 5.32 Å². The summed E-state index contributed by atoms with van der Waals surface area (Å²) in [5.41, 5.74) is 4.69. The number of nitrogens with zero attached hydrogens (tertiary/aromatic N) is 1. The Labute approximate surface area is 207 Å². The number of amides is 1. The first-order valence-corrected chi connectivity index (χ1v) is 12.4. The molecule has 34 heavy (non-hydrogen) atoms. The van der Waals surface area contributed by atoms with E-state index in [0.29, 0.717) is 17.1 Å². The van der Waals surface area contributed by atoms with Crippen molar-refractivity contribution in [1.29, 1.82) is 5.26 Å². The topological polar surface area (TPSA) is 52.9 Å². The van der Waals surface area contributed by atoms with E-state index in [0.717, 1.165) is 42.4 Å². The molecule has 0 bridgehead atoms. The van der Waals surface area contributed by atoms with Gasteiger partial charge >= 0.3 is 0 Å². The van der Waals surface area contributed by atoms with E-state index < -0.39 is 5.41 Å². The molecule has 0 aromatic heterocycles. The van der Waals surface area contributed by atoms with Gasteiger partial charge in [0.2, 0.25) is 5.91 Å². The minimum absolute atomic E-state index is 0.0231. The molecule has 3 aromatic carbocycles. The summed E-state index contributed by atoms with van der Waals surface area (Å²) in [5.74, 6) is 0.263. The van der Waals surface area contributed by atoms with E-state index in [2.05, 4.69) is 55.6 Å². The lowest BCUT2D eigenvalue weighted by Crippen LogP contribution is -2.44. The van der Waals surface area contributed by atoms with Crippen LogP contribution in [0.4, 0.5) is 0 Å². The van der Waals surface area contributed by atoms with Crippen LogP contribution in [-0.4, -0.2) is 12.5 Å². The summed E-state index contributed by atoms with van der Waals surface area (Å²) < 4.78 is 0. The number of halogens is 1. The minimum Gasteiger partial charge on any atom is -0.355 e. The molecule has 1 amide bonds. The van der Waals surface area contributed by atoms with Gasteiger partial charge in [0.15, 0.2) is 0 Å². The number of carbonyl (C=O) groups excluding carboxylic acids is 1. The highest BCUT2D eigenvalue weighted by Crippen LogP contribution is 2.42. The Bertz CT molecular complexity index is 1170. The average molecular weight is 471 g/mol. The summed E-state index contributed by atoms with van der Waals surface area (Å²) in [6.07, 6.45) is 3.89. The van der Waals surface area contributed by atoms with Crippen LogP contribution in [0.3, 0.4) is 0 Å². The van der Waals surface area contributed by atoms with Crippen LogP contribution in [0.15, 0.2) is 72.8 Å². The molecule has 1 aliphatic carbocycles. The monoisotopic (exact) mass is 470 g/mol. The van der Waals surface area contributed by atoms with E-state index in [4.69, 9.17) is 11.6 Å². The fourth-order valence-corrected chi connectivity index (χ4v) is 5.42. The summed E-state index contributed by atoms with van der Waals surface area (Å²) in [5, 5.41) is 13.5. The van der Waals surface area contributed by atoms with Gasteiger partial charge in [-0.05, 0) is 66.6 Å². The van der Waals surface area contributed by atoms with E-state index in [1.54, 1.807) is 0 Å². The van der Waals surface area contributed by atoms with Gasteiger partial charge in [0.05, 0.1) is 17.0 Å². The Hall–Kier alpha value is -3.09. The summed E-state index contributed by atoms with van der Waals surface area (Å²) >= 11 is 6.12. The lowest BCUT2D eigenvalue weighted by atomic mass is 9.77. The second-order valence-corrected chi connectivity index (χ2v) is 9.99. The Morgan fingerprint density at radius 2 is 1.71 bits per heavy atom. The zero-order valence-electron chi connectivity index (χ0n) is 19.9. The molecule has 1 fully saturated rings. The zero-order valence-corrected chi connectivity index (χ0v) is 20.6. The van der Waals surface area contributed by atoms with E-state index in [1.807, 2.05) is 42.5 Å². The standard InChI is InChI=1S/C30H31ClN2O/c1-21-8-12-26(13-9-21)30(16-3-4-17-30)29(34)33-20-28(25-7-5-6-23(18-25)19-32)22(2)24-10-14-27(31)15-11-24/h5-15,18,22,28H,3-4,16-17,20H2,1-2H3,(H,33,34). The van der Waals surface area contributed by atoms with Crippen molar-refractivity contribution in [2.45, 2.75) is 56.8 Å². The largest absolute Gasteiger partial charge is 0.355 e. The molecule has 2 atom stereocenters. The number of rotatable bonds is 7. The number of nitriles is 1. The third kappa shape index (κ3) is 5.03. The van der Waals surface area contributed by atoms with Crippen LogP contribution in [0.1, 0.15) is 72.3 Å². The van der Waals surface area contributed by atoms with E-state index in [9.17, 15) is 10.1 Å². The fraction of sp³-hybridized carbons (Fsp3) is 0.333.